The lowest BCUT2D eigenvalue weighted by Gasteiger charge is -2.16. The third-order valence-corrected chi connectivity index (χ3v) is 3.45. The number of nitrogens with one attached hydrogen (secondary N) is 1. The molecule has 2 aromatic rings. The highest BCUT2D eigenvalue weighted by Gasteiger charge is 2.19. The van der Waals surface area contributed by atoms with Crippen molar-refractivity contribution in [3.05, 3.63) is 41.2 Å². The first-order valence-corrected chi connectivity index (χ1v) is 6.32. The summed E-state index contributed by atoms with van der Waals surface area (Å²) < 4.78 is 20.6. The Kier molecular flexibility index (Phi) is 2.98. The number of fused-ring (bicyclic) bond motifs is 1. The Balaban J connectivity index is 2.14. The van der Waals surface area contributed by atoms with Crippen LogP contribution in [-0.4, -0.2) is 23.2 Å². The molecule has 0 saturated heterocycles. The summed E-state index contributed by atoms with van der Waals surface area (Å²) in [6.45, 7) is 3.70. The molecule has 0 amide bonds. The first kappa shape index (κ1) is 12.2. The second-order valence-electron chi connectivity index (χ2n) is 4.63. The van der Waals surface area contributed by atoms with Crippen LogP contribution in [0.4, 0.5) is 4.39 Å². The van der Waals surface area contributed by atoms with Crippen LogP contribution in [0.3, 0.4) is 0 Å². The molecule has 0 radical (unpaired) electrons. The van der Waals surface area contributed by atoms with Crippen LogP contribution in [0.1, 0.15) is 17.2 Å². The number of aromatic nitrogens is 2. The molecule has 1 aromatic heterocycles. The number of rotatable bonds is 2. The van der Waals surface area contributed by atoms with Gasteiger partial charge >= 0.3 is 0 Å². The smallest absolute Gasteiger partial charge is 0.165 e. The van der Waals surface area contributed by atoms with Crippen LogP contribution in [0.5, 0.6) is 5.75 Å². The zero-order valence-electron chi connectivity index (χ0n) is 11.0. The second-order valence-corrected chi connectivity index (χ2v) is 4.63. The van der Waals surface area contributed by atoms with Gasteiger partial charge in [-0.15, -0.1) is 0 Å². The van der Waals surface area contributed by atoms with Crippen molar-refractivity contribution < 1.29 is 9.13 Å². The molecule has 1 aromatic carbocycles. The van der Waals surface area contributed by atoms with Crippen molar-refractivity contribution in [3.63, 3.8) is 0 Å². The minimum atomic E-state index is -0.348. The number of ether oxygens (including phenoxy) is 1. The van der Waals surface area contributed by atoms with Gasteiger partial charge in [-0.05, 0) is 19.1 Å². The van der Waals surface area contributed by atoms with Gasteiger partial charge in [-0.25, -0.2) is 9.37 Å². The fourth-order valence-corrected chi connectivity index (χ4v) is 2.58. The molecule has 2 heterocycles. The molecule has 0 unspecified atom stereocenters. The van der Waals surface area contributed by atoms with Gasteiger partial charge in [0.1, 0.15) is 5.82 Å². The van der Waals surface area contributed by atoms with Crippen molar-refractivity contribution in [1.82, 2.24) is 14.9 Å². The maximum absolute atomic E-state index is 13.5. The van der Waals surface area contributed by atoms with Crippen LogP contribution in [0.2, 0.25) is 0 Å². The number of imidazole rings is 1. The van der Waals surface area contributed by atoms with Gasteiger partial charge in [0.15, 0.2) is 11.6 Å². The van der Waals surface area contributed by atoms with E-state index in [9.17, 15) is 4.39 Å². The Hall–Kier alpha value is -1.88. The molecule has 0 aliphatic carbocycles. The molecule has 4 nitrogen and oxygen atoms in total. The van der Waals surface area contributed by atoms with Crippen LogP contribution in [-0.2, 0) is 13.0 Å². The highest BCUT2D eigenvalue weighted by Crippen LogP contribution is 2.25. The molecule has 0 atom stereocenters. The van der Waals surface area contributed by atoms with Crippen molar-refractivity contribution in [3.8, 4) is 11.4 Å². The molecule has 5 heteroatoms. The van der Waals surface area contributed by atoms with Crippen molar-refractivity contribution in [2.24, 2.45) is 0 Å². The third-order valence-electron chi connectivity index (χ3n) is 3.45. The van der Waals surface area contributed by atoms with Crippen molar-refractivity contribution in [1.29, 1.82) is 0 Å². The van der Waals surface area contributed by atoms with E-state index in [1.165, 1.54) is 18.9 Å². The molecule has 19 heavy (non-hydrogen) atoms. The SMILES string of the molecule is COc1cc(-n2c(C)nc3c2CCNC3)ccc1F. The first-order valence-electron chi connectivity index (χ1n) is 6.32. The lowest BCUT2D eigenvalue weighted by atomic mass is 10.1. The lowest BCUT2D eigenvalue weighted by molar-refractivity contribution is 0.386. The molecule has 3 rings (SSSR count). The van der Waals surface area contributed by atoms with E-state index in [0.29, 0.717) is 0 Å². The highest BCUT2D eigenvalue weighted by atomic mass is 19.1. The molecule has 0 saturated carbocycles. The molecule has 0 fully saturated rings. The van der Waals surface area contributed by atoms with Crippen LogP contribution in [0.25, 0.3) is 5.69 Å². The number of methoxy groups -OCH3 is 1. The Labute approximate surface area is 111 Å². The predicted molar refractivity (Wildman–Crippen MR) is 70.2 cm³/mol. The lowest BCUT2D eigenvalue weighted by Crippen LogP contribution is -2.24. The van der Waals surface area contributed by atoms with Gasteiger partial charge in [0.05, 0.1) is 18.5 Å². The number of hydrogen-bond donors (Lipinski definition) is 1. The molecular weight excluding hydrogens is 245 g/mol. The average molecular weight is 261 g/mol. The van der Waals surface area contributed by atoms with E-state index in [4.69, 9.17) is 4.74 Å². The number of nitrogens with zero attached hydrogens (tertiary/aromatic N) is 2. The zero-order chi connectivity index (χ0) is 13.4. The fraction of sp³-hybridized carbons (Fsp3) is 0.357. The zero-order valence-corrected chi connectivity index (χ0v) is 11.0. The largest absolute Gasteiger partial charge is 0.494 e. The van der Waals surface area contributed by atoms with Gasteiger partial charge in [-0.1, -0.05) is 0 Å². The monoisotopic (exact) mass is 261 g/mol. The Morgan fingerprint density at radius 2 is 2.26 bits per heavy atom. The van der Waals surface area contributed by atoms with Crippen LogP contribution >= 0.6 is 0 Å². The highest BCUT2D eigenvalue weighted by molar-refractivity contribution is 5.44. The minimum Gasteiger partial charge on any atom is -0.494 e. The molecule has 0 spiro atoms. The normalized spacial score (nSPS) is 14.3. The van der Waals surface area contributed by atoms with Gasteiger partial charge in [-0.2, -0.15) is 0 Å². The summed E-state index contributed by atoms with van der Waals surface area (Å²) in [4.78, 5) is 4.57. The minimum absolute atomic E-state index is 0.258. The van der Waals surface area contributed by atoms with E-state index >= 15 is 0 Å². The quantitative estimate of drug-likeness (QED) is 0.898. The van der Waals surface area contributed by atoms with Crippen LogP contribution < -0.4 is 10.1 Å². The summed E-state index contributed by atoms with van der Waals surface area (Å²) in [7, 11) is 1.47. The Morgan fingerprint density at radius 3 is 3.05 bits per heavy atom. The summed E-state index contributed by atoms with van der Waals surface area (Å²) >= 11 is 0. The molecule has 100 valence electrons. The molecule has 1 aliphatic heterocycles. The number of benzene rings is 1. The third kappa shape index (κ3) is 2.00. The van der Waals surface area contributed by atoms with Gasteiger partial charge in [-0.3, -0.25) is 0 Å². The Morgan fingerprint density at radius 1 is 1.42 bits per heavy atom. The van der Waals surface area contributed by atoms with Crippen molar-refractivity contribution >= 4 is 0 Å². The van der Waals surface area contributed by atoms with E-state index in [1.807, 2.05) is 6.92 Å². The Bertz CT molecular complexity index is 621. The summed E-state index contributed by atoms with van der Waals surface area (Å²) in [6.07, 6.45) is 0.926. The van der Waals surface area contributed by atoms with E-state index in [0.717, 1.165) is 36.7 Å². The standard InChI is InChI=1S/C14H16FN3O/c1-9-17-12-8-16-6-5-13(12)18(9)10-3-4-11(15)14(7-10)19-2/h3-4,7,16H,5-6,8H2,1-2H3. The van der Waals surface area contributed by atoms with Crippen LogP contribution in [0, 0.1) is 12.7 Å². The molecule has 1 aliphatic rings. The van der Waals surface area contributed by atoms with E-state index in [-0.39, 0.29) is 11.6 Å². The van der Waals surface area contributed by atoms with Crippen LogP contribution in [0.15, 0.2) is 18.2 Å². The first-order chi connectivity index (χ1) is 9.20. The van der Waals surface area contributed by atoms with Crippen molar-refractivity contribution in [2.75, 3.05) is 13.7 Å². The maximum Gasteiger partial charge on any atom is 0.165 e. The molecular formula is C14H16FN3O. The summed E-state index contributed by atoms with van der Waals surface area (Å²) in [6, 6.07) is 4.91. The summed E-state index contributed by atoms with van der Waals surface area (Å²) in [5, 5.41) is 3.30. The van der Waals surface area contributed by atoms with E-state index < -0.39 is 0 Å². The molecule has 0 bridgehead atoms. The summed E-state index contributed by atoms with van der Waals surface area (Å²) in [5.41, 5.74) is 3.17. The predicted octanol–water partition coefficient (Wildman–Crippen LogP) is 1.97. The topological polar surface area (TPSA) is 39.1 Å². The van der Waals surface area contributed by atoms with Gasteiger partial charge in [0, 0.05) is 31.3 Å². The van der Waals surface area contributed by atoms with Gasteiger partial charge in [0.2, 0.25) is 0 Å². The fourth-order valence-electron chi connectivity index (χ4n) is 2.58. The van der Waals surface area contributed by atoms with E-state index in [2.05, 4.69) is 14.9 Å². The van der Waals surface area contributed by atoms with Crippen molar-refractivity contribution in [2.45, 2.75) is 19.9 Å². The summed E-state index contributed by atoms with van der Waals surface area (Å²) in [5.74, 6) is 0.829. The molecule has 1 N–H and O–H groups in total. The number of halogens is 1. The maximum atomic E-state index is 13.5. The van der Waals surface area contributed by atoms with Gasteiger partial charge < -0.3 is 14.6 Å². The van der Waals surface area contributed by atoms with E-state index in [1.54, 1.807) is 12.1 Å². The second kappa shape index (κ2) is 4.66. The number of hydrogen-bond acceptors (Lipinski definition) is 3. The average Bonchev–Trinajstić information content (AvgIpc) is 2.75. The number of aryl methyl sites for hydroxylation is 1. The van der Waals surface area contributed by atoms with Gasteiger partial charge in [0.25, 0.3) is 0 Å².